The van der Waals surface area contributed by atoms with Gasteiger partial charge in [0, 0.05) is 5.25 Å². The van der Waals surface area contributed by atoms with E-state index in [2.05, 4.69) is 13.8 Å². The number of hydrogen-bond donors (Lipinski definition) is 1. The Bertz CT molecular complexity index is 429. The number of aliphatic hydroxyl groups excluding tert-OH is 1. The number of unbranched alkanes of at least 4 members (excludes halogenated alkanes) is 12. The summed E-state index contributed by atoms with van der Waals surface area (Å²) in [5.41, 5.74) is 0. The second kappa shape index (κ2) is 22.1. The molecule has 2 atom stereocenters. The second-order valence-corrected chi connectivity index (χ2v) is 10.2. The van der Waals surface area contributed by atoms with Crippen LogP contribution in [0.1, 0.15) is 136 Å². The molecule has 0 saturated heterocycles. The summed E-state index contributed by atoms with van der Waals surface area (Å²) in [5, 5.41) is 9.28. The van der Waals surface area contributed by atoms with Crippen LogP contribution in [0.15, 0.2) is 0 Å². The summed E-state index contributed by atoms with van der Waals surface area (Å²) in [7, 11) is -4.16. The van der Waals surface area contributed by atoms with E-state index in [0.29, 0.717) is 12.8 Å². The van der Waals surface area contributed by atoms with Crippen molar-refractivity contribution < 1.29 is 47.6 Å². The monoisotopic (exact) mass is 442 g/mol. The van der Waals surface area contributed by atoms with Gasteiger partial charge in [0.15, 0.2) is 0 Å². The van der Waals surface area contributed by atoms with Crippen molar-refractivity contribution >= 4 is 10.1 Å². The Kier molecular flexibility index (Phi) is 24.4. The zero-order valence-electron chi connectivity index (χ0n) is 19.7. The average Bonchev–Trinajstić information content (AvgIpc) is 2.64. The molecule has 0 aromatic heterocycles. The van der Waals surface area contributed by atoms with Gasteiger partial charge >= 0.3 is 29.6 Å². The molecule has 0 aliphatic carbocycles. The molecule has 0 bridgehead atoms. The van der Waals surface area contributed by atoms with Crippen LogP contribution < -0.4 is 29.6 Å². The first-order chi connectivity index (χ1) is 13.4. The topological polar surface area (TPSA) is 77.4 Å². The number of aliphatic hydroxyl groups is 1. The molecular formula is C23H47NaO4S. The summed E-state index contributed by atoms with van der Waals surface area (Å²) in [4.78, 5) is 0. The van der Waals surface area contributed by atoms with Gasteiger partial charge in [0.05, 0.1) is 16.2 Å². The maximum absolute atomic E-state index is 11.5. The smallest absolute Gasteiger partial charge is 0.748 e. The molecule has 0 spiro atoms. The molecule has 0 rings (SSSR count). The van der Waals surface area contributed by atoms with Gasteiger partial charge in [0.1, 0.15) is 0 Å². The first-order valence-electron chi connectivity index (χ1n) is 12.0. The molecule has 1 N–H and O–H groups in total. The van der Waals surface area contributed by atoms with E-state index in [4.69, 9.17) is 0 Å². The summed E-state index contributed by atoms with van der Waals surface area (Å²) in [6, 6.07) is 0. The van der Waals surface area contributed by atoms with Crippen molar-refractivity contribution in [2.45, 2.75) is 147 Å². The summed E-state index contributed by atoms with van der Waals surface area (Å²) in [6.45, 7) is 4.35. The zero-order chi connectivity index (χ0) is 21.1. The molecule has 0 fully saturated rings. The molecular weight excluding hydrogens is 395 g/mol. The van der Waals surface area contributed by atoms with Crippen molar-refractivity contribution in [1.29, 1.82) is 0 Å². The van der Waals surface area contributed by atoms with Crippen LogP contribution in [0.3, 0.4) is 0 Å². The number of hydrogen-bond acceptors (Lipinski definition) is 4. The summed E-state index contributed by atoms with van der Waals surface area (Å²) in [6.07, 6.45) is 19.3. The molecule has 2 unspecified atom stereocenters. The fourth-order valence-corrected chi connectivity index (χ4v) is 4.73. The molecule has 0 aliphatic heterocycles. The van der Waals surface area contributed by atoms with E-state index in [1.165, 1.54) is 32.1 Å². The summed E-state index contributed by atoms with van der Waals surface area (Å²) in [5.74, 6) is 0. The first kappa shape index (κ1) is 32.1. The first-order valence-corrected chi connectivity index (χ1v) is 13.5. The molecule has 0 aromatic rings. The van der Waals surface area contributed by atoms with Crippen LogP contribution in [0.25, 0.3) is 0 Å². The maximum Gasteiger partial charge on any atom is 1.00 e. The average molecular weight is 443 g/mol. The Labute approximate surface area is 204 Å². The normalized spacial score (nSPS) is 13.8. The summed E-state index contributed by atoms with van der Waals surface area (Å²) < 4.78 is 34.4. The van der Waals surface area contributed by atoms with Crippen molar-refractivity contribution in [1.82, 2.24) is 0 Å². The van der Waals surface area contributed by atoms with E-state index in [0.717, 1.165) is 77.0 Å². The van der Waals surface area contributed by atoms with Gasteiger partial charge in [-0.3, -0.25) is 0 Å². The van der Waals surface area contributed by atoms with Crippen molar-refractivity contribution in [3.63, 3.8) is 0 Å². The second-order valence-electron chi connectivity index (χ2n) is 8.52. The van der Waals surface area contributed by atoms with E-state index >= 15 is 0 Å². The van der Waals surface area contributed by atoms with Gasteiger partial charge in [-0.05, 0) is 25.7 Å². The standard InChI is InChI=1S/C23H48O4S.Na/c1-3-5-7-11-16-20-23(28(25,26)27)21-17-13-10-9-12-15-19-22(24)18-14-8-6-4-2;/h22-24H,3-21H2,1-2H3,(H,25,26,27);/q;+1/p-1. The molecule has 0 aliphatic rings. The third-order valence-electron chi connectivity index (χ3n) is 5.74. The zero-order valence-corrected chi connectivity index (χ0v) is 22.5. The molecule has 0 heterocycles. The number of rotatable bonds is 21. The van der Waals surface area contributed by atoms with Crippen LogP contribution in [-0.2, 0) is 10.1 Å². The van der Waals surface area contributed by atoms with Gasteiger partial charge in [-0.1, -0.05) is 110 Å². The van der Waals surface area contributed by atoms with Crippen molar-refractivity contribution in [3.05, 3.63) is 0 Å². The van der Waals surface area contributed by atoms with Gasteiger partial charge in [-0.15, -0.1) is 0 Å². The van der Waals surface area contributed by atoms with Crippen LogP contribution in [0.2, 0.25) is 0 Å². The quantitative estimate of drug-likeness (QED) is 0.167. The molecule has 0 saturated carbocycles. The van der Waals surface area contributed by atoms with E-state index < -0.39 is 15.4 Å². The van der Waals surface area contributed by atoms with Gasteiger partial charge in [-0.25, -0.2) is 8.42 Å². The van der Waals surface area contributed by atoms with Crippen LogP contribution >= 0.6 is 0 Å². The van der Waals surface area contributed by atoms with Crippen LogP contribution in [0.5, 0.6) is 0 Å². The maximum atomic E-state index is 11.5. The van der Waals surface area contributed by atoms with Crippen LogP contribution in [0.4, 0.5) is 0 Å². The van der Waals surface area contributed by atoms with Crippen LogP contribution in [-0.4, -0.2) is 29.4 Å². The third-order valence-corrected chi connectivity index (χ3v) is 7.03. The van der Waals surface area contributed by atoms with E-state index in [1.54, 1.807) is 0 Å². The molecule has 170 valence electrons. The Morgan fingerprint density at radius 3 is 1.31 bits per heavy atom. The molecule has 6 heteroatoms. The minimum atomic E-state index is -4.16. The molecule has 0 aromatic carbocycles. The van der Waals surface area contributed by atoms with Gasteiger partial charge < -0.3 is 9.66 Å². The predicted octanol–water partition coefficient (Wildman–Crippen LogP) is 3.72. The van der Waals surface area contributed by atoms with Crippen molar-refractivity contribution in [3.8, 4) is 0 Å². The van der Waals surface area contributed by atoms with Crippen LogP contribution in [0, 0.1) is 0 Å². The summed E-state index contributed by atoms with van der Waals surface area (Å²) >= 11 is 0. The molecule has 0 radical (unpaired) electrons. The van der Waals surface area contributed by atoms with E-state index in [1.807, 2.05) is 0 Å². The van der Waals surface area contributed by atoms with Crippen molar-refractivity contribution in [2.24, 2.45) is 0 Å². The fourth-order valence-electron chi connectivity index (χ4n) is 3.82. The van der Waals surface area contributed by atoms with Crippen molar-refractivity contribution in [2.75, 3.05) is 0 Å². The minimum Gasteiger partial charge on any atom is -0.748 e. The Morgan fingerprint density at radius 1 is 0.621 bits per heavy atom. The Balaban J connectivity index is 0. The van der Waals surface area contributed by atoms with E-state index in [-0.39, 0.29) is 35.7 Å². The largest absolute Gasteiger partial charge is 1.00 e. The predicted molar refractivity (Wildman–Crippen MR) is 119 cm³/mol. The molecule has 0 amide bonds. The van der Waals surface area contributed by atoms with E-state index in [9.17, 15) is 18.1 Å². The fraction of sp³-hybridized carbons (Fsp3) is 1.00. The molecule has 4 nitrogen and oxygen atoms in total. The minimum absolute atomic E-state index is 0. The van der Waals surface area contributed by atoms with Gasteiger partial charge in [-0.2, -0.15) is 0 Å². The molecule has 29 heavy (non-hydrogen) atoms. The van der Waals surface area contributed by atoms with Gasteiger partial charge in [0.25, 0.3) is 0 Å². The Morgan fingerprint density at radius 2 is 0.931 bits per heavy atom. The SMILES string of the molecule is CCCCCCCC(CCCCCCCCC(O)CCCCCC)S(=O)(=O)[O-].[Na+]. The van der Waals surface area contributed by atoms with Gasteiger partial charge in [0.2, 0.25) is 0 Å². The Hall–Kier alpha value is 0.870. The third kappa shape index (κ3) is 21.9.